The molecule has 1 aromatic carbocycles. The summed E-state index contributed by atoms with van der Waals surface area (Å²) in [5.41, 5.74) is -0.728. The summed E-state index contributed by atoms with van der Waals surface area (Å²) >= 11 is 11.9. The van der Waals surface area contributed by atoms with Gasteiger partial charge in [0.2, 0.25) is 0 Å². The average molecular weight is 319 g/mol. The molecule has 0 saturated carbocycles. The number of carboxylic acid groups (broad SMARTS) is 1. The van der Waals surface area contributed by atoms with Gasteiger partial charge in [-0.2, -0.15) is 0 Å². The molecule has 0 aliphatic heterocycles. The van der Waals surface area contributed by atoms with E-state index in [9.17, 15) is 9.59 Å². The van der Waals surface area contributed by atoms with E-state index in [0.29, 0.717) is 15.6 Å². The zero-order valence-corrected chi connectivity index (χ0v) is 12.7. The smallest absolute Gasteiger partial charge is 0.329 e. The zero-order chi connectivity index (χ0) is 15.3. The van der Waals surface area contributed by atoms with Crippen molar-refractivity contribution in [2.75, 3.05) is 0 Å². The minimum absolute atomic E-state index is 0.115. The first-order valence-electron chi connectivity index (χ1n) is 6.02. The fourth-order valence-corrected chi connectivity index (χ4v) is 1.99. The van der Waals surface area contributed by atoms with Crippen LogP contribution in [-0.4, -0.2) is 22.6 Å². The Morgan fingerprint density at radius 1 is 1.30 bits per heavy atom. The van der Waals surface area contributed by atoms with Gasteiger partial charge in [-0.25, -0.2) is 9.59 Å². The number of carboxylic acids is 1. The highest BCUT2D eigenvalue weighted by Crippen LogP contribution is 2.23. The van der Waals surface area contributed by atoms with Crippen molar-refractivity contribution in [1.29, 1.82) is 0 Å². The van der Waals surface area contributed by atoms with Crippen molar-refractivity contribution in [1.82, 2.24) is 10.6 Å². The van der Waals surface area contributed by atoms with E-state index in [1.165, 1.54) is 6.92 Å². The van der Waals surface area contributed by atoms with Crippen LogP contribution in [0.1, 0.15) is 25.8 Å². The van der Waals surface area contributed by atoms with Crippen LogP contribution in [-0.2, 0) is 11.3 Å². The Morgan fingerprint density at radius 3 is 2.30 bits per heavy atom. The van der Waals surface area contributed by atoms with Gasteiger partial charge in [0, 0.05) is 22.2 Å². The van der Waals surface area contributed by atoms with Crippen LogP contribution in [0, 0.1) is 0 Å². The molecule has 0 bridgehead atoms. The number of halogens is 2. The lowest BCUT2D eigenvalue weighted by Crippen LogP contribution is -2.54. The molecule has 1 unspecified atom stereocenters. The summed E-state index contributed by atoms with van der Waals surface area (Å²) in [6, 6.07) is 4.44. The van der Waals surface area contributed by atoms with E-state index < -0.39 is 17.5 Å². The number of carbonyl (C=O) groups is 2. The molecule has 2 amide bonds. The first-order valence-corrected chi connectivity index (χ1v) is 6.78. The van der Waals surface area contributed by atoms with Gasteiger partial charge in [0.05, 0.1) is 0 Å². The van der Waals surface area contributed by atoms with Crippen LogP contribution in [0.4, 0.5) is 4.79 Å². The van der Waals surface area contributed by atoms with Crippen LogP contribution in [0.3, 0.4) is 0 Å². The van der Waals surface area contributed by atoms with Crippen LogP contribution < -0.4 is 10.6 Å². The van der Waals surface area contributed by atoms with Crippen molar-refractivity contribution in [3.05, 3.63) is 33.8 Å². The number of benzene rings is 1. The van der Waals surface area contributed by atoms with Crippen LogP contribution in [0.15, 0.2) is 18.2 Å². The minimum atomic E-state index is -1.31. The van der Waals surface area contributed by atoms with Crippen LogP contribution in [0.5, 0.6) is 0 Å². The van der Waals surface area contributed by atoms with Crippen molar-refractivity contribution >= 4 is 35.2 Å². The molecule has 20 heavy (non-hydrogen) atoms. The van der Waals surface area contributed by atoms with Gasteiger partial charge >= 0.3 is 12.0 Å². The first-order chi connectivity index (χ1) is 9.30. The second kappa shape index (κ2) is 6.81. The van der Waals surface area contributed by atoms with E-state index in [4.69, 9.17) is 28.3 Å². The highest BCUT2D eigenvalue weighted by molar-refractivity contribution is 6.36. The summed E-state index contributed by atoms with van der Waals surface area (Å²) in [6.45, 7) is 3.24. The predicted molar refractivity (Wildman–Crippen MR) is 78.2 cm³/mol. The number of hydrogen-bond donors (Lipinski definition) is 3. The molecule has 1 aromatic rings. The fraction of sp³-hybridized carbons (Fsp3) is 0.385. The van der Waals surface area contributed by atoms with Crippen LogP contribution in [0.25, 0.3) is 0 Å². The molecule has 0 saturated heterocycles. The number of amides is 2. The lowest BCUT2D eigenvalue weighted by Gasteiger charge is -2.24. The van der Waals surface area contributed by atoms with Gasteiger partial charge in [0.25, 0.3) is 0 Å². The number of hydrogen-bond acceptors (Lipinski definition) is 2. The molecule has 1 rings (SSSR count). The Bertz CT molecular complexity index is 502. The summed E-state index contributed by atoms with van der Waals surface area (Å²) < 4.78 is 0. The van der Waals surface area contributed by atoms with E-state index in [2.05, 4.69) is 10.6 Å². The summed E-state index contributed by atoms with van der Waals surface area (Å²) in [6.07, 6.45) is 0.266. The molecule has 0 aliphatic rings. The number of aliphatic carboxylic acids is 1. The van der Waals surface area contributed by atoms with Crippen molar-refractivity contribution in [2.24, 2.45) is 0 Å². The molecule has 0 fully saturated rings. The third-order valence-electron chi connectivity index (χ3n) is 3.06. The standard InChI is InChI=1S/C13H16Cl2N2O3/c1-3-13(2,11(18)19)17-12(20)16-7-8-9(14)5-4-6-10(8)15/h4-6H,3,7H2,1-2H3,(H,18,19)(H2,16,17,20). The molecule has 1 atom stereocenters. The van der Waals surface area contributed by atoms with Gasteiger partial charge in [0.1, 0.15) is 5.54 Å². The van der Waals surface area contributed by atoms with Crippen molar-refractivity contribution in [2.45, 2.75) is 32.4 Å². The summed E-state index contributed by atoms with van der Waals surface area (Å²) in [7, 11) is 0. The van der Waals surface area contributed by atoms with E-state index >= 15 is 0 Å². The predicted octanol–water partition coefficient (Wildman–Crippen LogP) is 3.05. The van der Waals surface area contributed by atoms with Gasteiger partial charge in [-0.15, -0.1) is 0 Å². The quantitative estimate of drug-likeness (QED) is 0.780. The SMILES string of the molecule is CCC(C)(NC(=O)NCc1c(Cl)cccc1Cl)C(=O)O. The maximum atomic E-state index is 11.7. The maximum Gasteiger partial charge on any atom is 0.329 e. The molecule has 0 aromatic heterocycles. The Balaban J connectivity index is 2.67. The van der Waals surface area contributed by atoms with E-state index in [1.807, 2.05) is 0 Å². The lowest BCUT2D eigenvalue weighted by molar-refractivity contribution is -0.143. The average Bonchev–Trinajstić information content (AvgIpc) is 2.37. The van der Waals surface area contributed by atoms with E-state index in [0.717, 1.165) is 0 Å². The number of urea groups is 1. The van der Waals surface area contributed by atoms with Gasteiger partial charge in [0.15, 0.2) is 0 Å². The fourth-order valence-electron chi connectivity index (χ4n) is 1.46. The topological polar surface area (TPSA) is 78.4 Å². The normalized spacial score (nSPS) is 13.4. The van der Waals surface area contributed by atoms with Gasteiger partial charge < -0.3 is 15.7 Å². The minimum Gasteiger partial charge on any atom is -0.480 e. The van der Waals surface area contributed by atoms with Crippen molar-refractivity contribution in [3.8, 4) is 0 Å². The Morgan fingerprint density at radius 2 is 1.85 bits per heavy atom. The van der Waals surface area contributed by atoms with E-state index in [1.54, 1.807) is 25.1 Å². The Kier molecular flexibility index (Phi) is 5.65. The van der Waals surface area contributed by atoms with Crippen LogP contribution >= 0.6 is 23.2 Å². The summed E-state index contributed by atoms with van der Waals surface area (Å²) in [5.74, 6) is -1.09. The molecular weight excluding hydrogens is 303 g/mol. The van der Waals surface area contributed by atoms with Gasteiger partial charge in [-0.05, 0) is 25.5 Å². The first kappa shape index (κ1) is 16.6. The molecular formula is C13H16Cl2N2O3. The largest absolute Gasteiger partial charge is 0.480 e. The second-order valence-corrected chi connectivity index (χ2v) is 5.31. The number of carbonyl (C=O) groups excluding carboxylic acids is 1. The number of nitrogens with one attached hydrogen (secondary N) is 2. The molecule has 0 aliphatic carbocycles. The maximum absolute atomic E-state index is 11.7. The molecule has 0 spiro atoms. The highest BCUT2D eigenvalue weighted by atomic mass is 35.5. The molecule has 7 heteroatoms. The third-order valence-corrected chi connectivity index (χ3v) is 3.76. The van der Waals surface area contributed by atoms with E-state index in [-0.39, 0.29) is 13.0 Å². The van der Waals surface area contributed by atoms with Gasteiger partial charge in [-0.1, -0.05) is 36.2 Å². The monoisotopic (exact) mass is 318 g/mol. The molecule has 5 nitrogen and oxygen atoms in total. The number of rotatable bonds is 5. The van der Waals surface area contributed by atoms with Crippen LogP contribution in [0.2, 0.25) is 10.0 Å². The zero-order valence-electron chi connectivity index (χ0n) is 11.2. The van der Waals surface area contributed by atoms with Gasteiger partial charge in [-0.3, -0.25) is 0 Å². The highest BCUT2D eigenvalue weighted by Gasteiger charge is 2.32. The molecule has 0 heterocycles. The summed E-state index contributed by atoms with van der Waals surface area (Å²) in [5, 5.41) is 14.9. The Labute approximate surface area is 127 Å². The Hall–Kier alpha value is -1.46. The summed E-state index contributed by atoms with van der Waals surface area (Å²) in [4.78, 5) is 22.8. The van der Waals surface area contributed by atoms with Crippen molar-refractivity contribution < 1.29 is 14.7 Å². The lowest BCUT2D eigenvalue weighted by atomic mass is 10.00. The third kappa shape index (κ3) is 4.02. The molecule has 110 valence electrons. The second-order valence-electron chi connectivity index (χ2n) is 4.50. The molecule has 3 N–H and O–H groups in total. The molecule has 0 radical (unpaired) electrons. The van der Waals surface area contributed by atoms with Crippen molar-refractivity contribution in [3.63, 3.8) is 0 Å².